The van der Waals surface area contributed by atoms with Crippen molar-refractivity contribution in [2.45, 2.75) is 19.5 Å². The molecule has 0 aromatic carbocycles. The van der Waals surface area contributed by atoms with E-state index in [-0.39, 0.29) is 6.04 Å². The molecule has 0 aliphatic carbocycles. The van der Waals surface area contributed by atoms with Gasteiger partial charge < -0.3 is 9.73 Å². The predicted molar refractivity (Wildman–Crippen MR) is 63.0 cm³/mol. The largest absolute Gasteiger partial charge is 0.468 e. The monoisotopic (exact) mass is 232 g/mol. The third kappa shape index (κ3) is 2.51. The van der Waals surface area contributed by atoms with Gasteiger partial charge in [0.2, 0.25) is 0 Å². The van der Waals surface area contributed by atoms with E-state index in [1.54, 1.807) is 6.26 Å². The highest BCUT2D eigenvalue weighted by molar-refractivity contribution is 7.12. The quantitative estimate of drug-likeness (QED) is 0.881. The molecule has 3 nitrogen and oxygen atoms in total. The maximum Gasteiger partial charge on any atom is 0.120 e. The Kier molecular flexibility index (Phi) is 3.40. The van der Waals surface area contributed by atoms with Gasteiger partial charge in [-0.05, 0) is 31.2 Å². The summed E-state index contributed by atoms with van der Waals surface area (Å²) in [5.41, 5.74) is 0. The highest BCUT2D eigenvalue weighted by Crippen LogP contribution is 2.17. The van der Waals surface area contributed by atoms with Crippen molar-refractivity contribution in [1.29, 1.82) is 5.26 Å². The zero-order chi connectivity index (χ0) is 11.4. The normalized spacial score (nSPS) is 12.2. The SMILES string of the molecule is CC(NCc1ccc(C#N)s1)c1ccco1. The van der Waals surface area contributed by atoms with Crippen molar-refractivity contribution < 1.29 is 4.42 Å². The van der Waals surface area contributed by atoms with Crippen LogP contribution in [0.25, 0.3) is 0 Å². The van der Waals surface area contributed by atoms with Gasteiger partial charge in [-0.1, -0.05) is 0 Å². The average Bonchev–Trinajstić information content (AvgIpc) is 2.96. The van der Waals surface area contributed by atoms with Crippen molar-refractivity contribution in [2.24, 2.45) is 0 Å². The fraction of sp³-hybridized carbons (Fsp3) is 0.250. The Bertz CT molecular complexity index is 481. The topological polar surface area (TPSA) is 49.0 Å². The van der Waals surface area contributed by atoms with Crippen molar-refractivity contribution in [3.63, 3.8) is 0 Å². The number of nitriles is 1. The molecule has 82 valence electrons. The summed E-state index contributed by atoms with van der Waals surface area (Å²) in [6.45, 7) is 2.81. The van der Waals surface area contributed by atoms with Crippen LogP contribution in [0, 0.1) is 11.3 Å². The van der Waals surface area contributed by atoms with Gasteiger partial charge in [0.15, 0.2) is 0 Å². The fourth-order valence-corrected chi connectivity index (χ4v) is 2.18. The lowest BCUT2D eigenvalue weighted by atomic mass is 10.2. The third-order valence-electron chi connectivity index (χ3n) is 2.32. The van der Waals surface area contributed by atoms with E-state index in [1.807, 2.05) is 24.3 Å². The molecule has 1 unspecified atom stereocenters. The van der Waals surface area contributed by atoms with Gasteiger partial charge in [-0.15, -0.1) is 11.3 Å². The van der Waals surface area contributed by atoms with Crippen molar-refractivity contribution in [3.05, 3.63) is 46.0 Å². The molecule has 2 aromatic rings. The Morgan fingerprint density at radius 2 is 2.38 bits per heavy atom. The molecule has 16 heavy (non-hydrogen) atoms. The van der Waals surface area contributed by atoms with Crippen molar-refractivity contribution in [2.75, 3.05) is 0 Å². The van der Waals surface area contributed by atoms with Crippen LogP contribution in [-0.4, -0.2) is 0 Å². The molecule has 2 heterocycles. The molecule has 1 N–H and O–H groups in total. The summed E-state index contributed by atoms with van der Waals surface area (Å²) in [5, 5.41) is 12.0. The van der Waals surface area contributed by atoms with E-state index in [2.05, 4.69) is 18.3 Å². The fourth-order valence-electron chi connectivity index (χ4n) is 1.42. The predicted octanol–water partition coefficient (Wildman–Crippen LogP) is 3.06. The molecule has 0 spiro atoms. The highest BCUT2D eigenvalue weighted by atomic mass is 32.1. The first-order valence-electron chi connectivity index (χ1n) is 5.05. The summed E-state index contributed by atoms with van der Waals surface area (Å²) in [7, 11) is 0. The second kappa shape index (κ2) is 4.97. The lowest BCUT2D eigenvalue weighted by Crippen LogP contribution is -2.16. The van der Waals surface area contributed by atoms with Crippen molar-refractivity contribution in [3.8, 4) is 6.07 Å². The van der Waals surface area contributed by atoms with Crippen LogP contribution in [0.5, 0.6) is 0 Å². The molecule has 0 saturated heterocycles. The molecule has 0 aliphatic heterocycles. The first-order valence-corrected chi connectivity index (χ1v) is 5.87. The first-order chi connectivity index (χ1) is 7.79. The molecule has 2 aromatic heterocycles. The van der Waals surface area contributed by atoms with Gasteiger partial charge in [0.1, 0.15) is 16.7 Å². The molecule has 0 fully saturated rings. The minimum atomic E-state index is 0.183. The zero-order valence-corrected chi connectivity index (χ0v) is 9.75. The first kappa shape index (κ1) is 10.9. The van der Waals surface area contributed by atoms with Crippen LogP contribution in [-0.2, 0) is 6.54 Å². The van der Waals surface area contributed by atoms with Gasteiger partial charge in [0, 0.05) is 11.4 Å². The summed E-state index contributed by atoms with van der Waals surface area (Å²) in [4.78, 5) is 1.91. The Balaban J connectivity index is 1.90. The van der Waals surface area contributed by atoms with Crippen LogP contribution in [0.1, 0.15) is 28.5 Å². The van der Waals surface area contributed by atoms with Crippen molar-refractivity contribution >= 4 is 11.3 Å². The van der Waals surface area contributed by atoms with Crippen LogP contribution < -0.4 is 5.32 Å². The third-order valence-corrected chi connectivity index (χ3v) is 3.31. The van der Waals surface area contributed by atoms with Gasteiger partial charge in [0.05, 0.1) is 12.3 Å². The molecule has 0 aliphatic rings. The summed E-state index contributed by atoms with van der Waals surface area (Å²) in [6, 6.07) is 9.97. The maximum atomic E-state index is 8.70. The van der Waals surface area contributed by atoms with Gasteiger partial charge >= 0.3 is 0 Å². The number of thiophene rings is 1. The van der Waals surface area contributed by atoms with E-state index in [0.29, 0.717) is 0 Å². The number of nitrogens with zero attached hydrogens (tertiary/aromatic N) is 1. The average molecular weight is 232 g/mol. The van der Waals surface area contributed by atoms with Crippen molar-refractivity contribution in [1.82, 2.24) is 5.32 Å². The lowest BCUT2D eigenvalue weighted by molar-refractivity contribution is 0.431. The summed E-state index contributed by atoms with van der Waals surface area (Å²) >= 11 is 1.52. The molecular weight excluding hydrogens is 220 g/mol. The van der Waals surface area contributed by atoms with E-state index in [1.165, 1.54) is 11.3 Å². The standard InChI is InChI=1S/C12H12N2OS/c1-9(12-3-2-6-15-12)14-8-11-5-4-10(7-13)16-11/h2-6,9,14H,8H2,1H3. The minimum absolute atomic E-state index is 0.183. The Morgan fingerprint density at radius 3 is 3.00 bits per heavy atom. The molecule has 0 amide bonds. The summed E-state index contributed by atoms with van der Waals surface area (Å²) in [6.07, 6.45) is 1.67. The van der Waals surface area contributed by atoms with E-state index in [0.717, 1.165) is 22.1 Å². The second-order valence-electron chi connectivity index (χ2n) is 3.50. The summed E-state index contributed by atoms with van der Waals surface area (Å²) < 4.78 is 5.30. The van der Waals surface area contributed by atoms with E-state index in [9.17, 15) is 0 Å². The van der Waals surface area contributed by atoms with E-state index in [4.69, 9.17) is 9.68 Å². The van der Waals surface area contributed by atoms with Crippen LogP contribution in [0.3, 0.4) is 0 Å². The summed E-state index contributed by atoms with van der Waals surface area (Å²) in [5.74, 6) is 0.928. The van der Waals surface area contributed by atoms with E-state index < -0.39 is 0 Å². The number of hydrogen-bond donors (Lipinski definition) is 1. The number of rotatable bonds is 4. The molecule has 0 bridgehead atoms. The molecule has 0 saturated carbocycles. The smallest absolute Gasteiger partial charge is 0.120 e. The lowest BCUT2D eigenvalue weighted by Gasteiger charge is -2.09. The molecule has 4 heteroatoms. The highest BCUT2D eigenvalue weighted by Gasteiger charge is 2.07. The maximum absolute atomic E-state index is 8.70. The van der Waals surface area contributed by atoms with Gasteiger partial charge in [-0.3, -0.25) is 0 Å². The number of nitrogens with one attached hydrogen (secondary N) is 1. The van der Waals surface area contributed by atoms with Crippen LogP contribution in [0.15, 0.2) is 34.9 Å². The van der Waals surface area contributed by atoms with Gasteiger partial charge in [-0.25, -0.2) is 0 Å². The Hall–Kier alpha value is -1.57. The Morgan fingerprint density at radius 1 is 1.50 bits per heavy atom. The van der Waals surface area contributed by atoms with Crippen LogP contribution in [0.2, 0.25) is 0 Å². The minimum Gasteiger partial charge on any atom is -0.468 e. The van der Waals surface area contributed by atoms with Gasteiger partial charge in [0.25, 0.3) is 0 Å². The number of furan rings is 1. The van der Waals surface area contributed by atoms with E-state index >= 15 is 0 Å². The zero-order valence-electron chi connectivity index (χ0n) is 8.93. The van der Waals surface area contributed by atoms with Gasteiger partial charge in [-0.2, -0.15) is 5.26 Å². The number of hydrogen-bond acceptors (Lipinski definition) is 4. The molecule has 2 rings (SSSR count). The van der Waals surface area contributed by atoms with Crippen LogP contribution >= 0.6 is 11.3 Å². The molecule has 0 radical (unpaired) electrons. The molecular formula is C12H12N2OS. The second-order valence-corrected chi connectivity index (χ2v) is 4.66. The van der Waals surface area contributed by atoms with Crippen LogP contribution in [0.4, 0.5) is 0 Å². The molecule has 1 atom stereocenters. The Labute approximate surface area is 98.3 Å².